The third-order valence-electron chi connectivity index (χ3n) is 3.55. The number of rotatable bonds is 4. The van der Waals surface area contributed by atoms with Crippen LogP contribution in [-0.2, 0) is 0 Å². The summed E-state index contributed by atoms with van der Waals surface area (Å²) in [7, 11) is 1.99. The van der Waals surface area contributed by atoms with E-state index in [1.54, 1.807) is 6.20 Å². The van der Waals surface area contributed by atoms with Gasteiger partial charge in [0.05, 0.1) is 0 Å². The van der Waals surface area contributed by atoms with E-state index < -0.39 is 0 Å². The summed E-state index contributed by atoms with van der Waals surface area (Å²) >= 11 is 1.38. The first-order valence-electron chi connectivity index (χ1n) is 6.12. The number of hydrogen-bond donors (Lipinski definition) is 2. The van der Waals surface area contributed by atoms with Crippen LogP contribution in [0.25, 0.3) is 0 Å². The van der Waals surface area contributed by atoms with Gasteiger partial charge in [0.15, 0.2) is 5.01 Å². The highest BCUT2D eigenvalue weighted by Crippen LogP contribution is 2.27. The van der Waals surface area contributed by atoms with Crippen molar-refractivity contribution in [1.29, 1.82) is 0 Å². The third-order valence-corrected chi connectivity index (χ3v) is 4.33. The zero-order chi connectivity index (χ0) is 12.1. The predicted molar refractivity (Wildman–Crippen MR) is 69.3 cm³/mol. The van der Waals surface area contributed by atoms with Gasteiger partial charge in [-0.2, -0.15) is 0 Å². The van der Waals surface area contributed by atoms with E-state index in [4.69, 9.17) is 0 Å². The maximum atomic E-state index is 11.8. The minimum Gasteiger partial charge on any atom is -0.348 e. The molecule has 1 fully saturated rings. The molecule has 1 amide bonds. The van der Waals surface area contributed by atoms with E-state index in [-0.39, 0.29) is 11.4 Å². The van der Waals surface area contributed by atoms with E-state index in [0.29, 0.717) is 11.6 Å². The molecule has 0 aliphatic heterocycles. The monoisotopic (exact) mass is 253 g/mol. The minimum absolute atomic E-state index is 0.0554. The standard InChI is InChI=1S/C12H19N3OS/c1-13-12(5-3-2-4-6-12)9-15-10(16)11-14-7-8-17-11/h7-8,13H,2-6,9H2,1H3,(H,15,16). The highest BCUT2D eigenvalue weighted by Gasteiger charge is 2.30. The Morgan fingerprint density at radius 1 is 1.47 bits per heavy atom. The average molecular weight is 253 g/mol. The predicted octanol–water partition coefficient (Wildman–Crippen LogP) is 1.80. The van der Waals surface area contributed by atoms with Gasteiger partial charge in [-0.1, -0.05) is 19.3 Å². The maximum Gasteiger partial charge on any atom is 0.280 e. The van der Waals surface area contributed by atoms with Crippen LogP contribution in [-0.4, -0.2) is 30.0 Å². The minimum atomic E-state index is -0.0554. The Balaban J connectivity index is 1.89. The highest BCUT2D eigenvalue weighted by atomic mass is 32.1. The number of aromatic nitrogens is 1. The van der Waals surface area contributed by atoms with Crippen molar-refractivity contribution in [2.45, 2.75) is 37.6 Å². The smallest absolute Gasteiger partial charge is 0.280 e. The van der Waals surface area contributed by atoms with Gasteiger partial charge in [0, 0.05) is 23.7 Å². The fourth-order valence-corrected chi connectivity index (χ4v) is 2.96. The molecular formula is C12H19N3OS. The fraction of sp³-hybridized carbons (Fsp3) is 0.667. The van der Waals surface area contributed by atoms with Crippen molar-refractivity contribution >= 4 is 17.2 Å². The molecule has 1 aliphatic carbocycles. The van der Waals surface area contributed by atoms with Gasteiger partial charge in [0.1, 0.15) is 0 Å². The molecule has 0 aromatic carbocycles. The van der Waals surface area contributed by atoms with Crippen LogP contribution in [0.3, 0.4) is 0 Å². The van der Waals surface area contributed by atoms with Gasteiger partial charge in [0.2, 0.25) is 0 Å². The second kappa shape index (κ2) is 5.60. The Hall–Kier alpha value is -0.940. The van der Waals surface area contributed by atoms with Gasteiger partial charge in [0.25, 0.3) is 5.91 Å². The molecule has 94 valence electrons. The maximum absolute atomic E-state index is 11.8. The topological polar surface area (TPSA) is 54.0 Å². The first-order chi connectivity index (χ1) is 8.26. The van der Waals surface area contributed by atoms with E-state index in [0.717, 1.165) is 12.8 Å². The number of carbonyl (C=O) groups is 1. The molecule has 0 unspecified atom stereocenters. The molecule has 1 saturated carbocycles. The number of nitrogens with one attached hydrogen (secondary N) is 2. The van der Waals surface area contributed by atoms with Crippen LogP contribution in [0.1, 0.15) is 41.9 Å². The molecule has 17 heavy (non-hydrogen) atoms. The van der Waals surface area contributed by atoms with Crippen molar-refractivity contribution in [1.82, 2.24) is 15.6 Å². The molecule has 4 nitrogen and oxygen atoms in total. The van der Waals surface area contributed by atoms with Crippen molar-refractivity contribution in [3.8, 4) is 0 Å². The molecule has 1 aromatic heterocycles. The summed E-state index contributed by atoms with van der Waals surface area (Å²) in [6.07, 6.45) is 7.74. The summed E-state index contributed by atoms with van der Waals surface area (Å²) in [6.45, 7) is 0.696. The highest BCUT2D eigenvalue weighted by molar-refractivity contribution is 7.11. The molecule has 0 saturated heterocycles. The molecule has 2 rings (SSSR count). The zero-order valence-corrected chi connectivity index (χ0v) is 11.0. The summed E-state index contributed by atoms with van der Waals surface area (Å²) in [5, 5.41) is 8.75. The Bertz CT molecular complexity index is 358. The molecule has 0 atom stereocenters. The largest absolute Gasteiger partial charge is 0.348 e. The van der Waals surface area contributed by atoms with Gasteiger partial charge < -0.3 is 10.6 Å². The number of hydrogen-bond acceptors (Lipinski definition) is 4. The van der Waals surface area contributed by atoms with Gasteiger partial charge in [-0.25, -0.2) is 4.98 Å². The van der Waals surface area contributed by atoms with Crippen LogP contribution in [0, 0.1) is 0 Å². The van der Waals surface area contributed by atoms with Crippen LogP contribution in [0.5, 0.6) is 0 Å². The molecule has 0 bridgehead atoms. The summed E-state index contributed by atoms with van der Waals surface area (Å²) in [5.41, 5.74) is 0.0885. The van der Waals surface area contributed by atoms with E-state index in [2.05, 4.69) is 15.6 Å². The van der Waals surface area contributed by atoms with Crippen LogP contribution < -0.4 is 10.6 Å². The number of thiazole rings is 1. The van der Waals surface area contributed by atoms with Crippen molar-refractivity contribution in [2.75, 3.05) is 13.6 Å². The molecule has 5 heteroatoms. The second-order valence-electron chi connectivity index (χ2n) is 4.61. The van der Waals surface area contributed by atoms with Gasteiger partial charge in [-0.05, 0) is 19.9 Å². The average Bonchev–Trinajstić information content (AvgIpc) is 2.91. The van der Waals surface area contributed by atoms with Crippen molar-refractivity contribution in [3.05, 3.63) is 16.6 Å². The van der Waals surface area contributed by atoms with E-state index >= 15 is 0 Å². The number of amides is 1. The summed E-state index contributed by atoms with van der Waals surface area (Å²) < 4.78 is 0. The molecule has 1 aromatic rings. The zero-order valence-electron chi connectivity index (χ0n) is 10.2. The summed E-state index contributed by atoms with van der Waals surface area (Å²) in [6, 6.07) is 0. The van der Waals surface area contributed by atoms with Gasteiger partial charge in [-0.15, -0.1) is 11.3 Å². The first-order valence-corrected chi connectivity index (χ1v) is 7.00. The van der Waals surface area contributed by atoms with E-state index in [9.17, 15) is 4.79 Å². The molecule has 2 N–H and O–H groups in total. The van der Waals surface area contributed by atoms with Crippen LogP contribution in [0.4, 0.5) is 0 Å². The molecule has 1 aliphatic rings. The Labute approximate surface area is 106 Å². The van der Waals surface area contributed by atoms with Crippen LogP contribution >= 0.6 is 11.3 Å². The molecule has 0 spiro atoms. The SMILES string of the molecule is CNC1(CNC(=O)c2nccs2)CCCCC1. The first kappa shape index (κ1) is 12.5. The normalized spacial score (nSPS) is 18.9. The third kappa shape index (κ3) is 3.04. The quantitative estimate of drug-likeness (QED) is 0.860. The molecule has 1 heterocycles. The lowest BCUT2D eigenvalue weighted by atomic mass is 9.82. The summed E-state index contributed by atoms with van der Waals surface area (Å²) in [4.78, 5) is 15.8. The molecular weight excluding hydrogens is 234 g/mol. The number of carbonyl (C=O) groups excluding carboxylic acids is 1. The fourth-order valence-electron chi connectivity index (χ4n) is 2.40. The lowest BCUT2D eigenvalue weighted by Crippen LogP contribution is -2.53. The van der Waals surface area contributed by atoms with E-state index in [1.807, 2.05) is 12.4 Å². The lowest BCUT2D eigenvalue weighted by molar-refractivity contribution is 0.0930. The lowest BCUT2D eigenvalue weighted by Gasteiger charge is -2.37. The van der Waals surface area contributed by atoms with E-state index in [1.165, 1.54) is 30.6 Å². The second-order valence-corrected chi connectivity index (χ2v) is 5.51. The van der Waals surface area contributed by atoms with Gasteiger partial charge in [-0.3, -0.25) is 4.79 Å². The molecule has 0 radical (unpaired) electrons. The van der Waals surface area contributed by atoms with Gasteiger partial charge >= 0.3 is 0 Å². The van der Waals surface area contributed by atoms with Crippen LogP contribution in [0.15, 0.2) is 11.6 Å². The summed E-state index contributed by atoms with van der Waals surface area (Å²) in [5.74, 6) is -0.0554. The van der Waals surface area contributed by atoms with Crippen molar-refractivity contribution in [3.63, 3.8) is 0 Å². The van der Waals surface area contributed by atoms with Crippen molar-refractivity contribution < 1.29 is 4.79 Å². The number of nitrogens with zero attached hydrogens (tertiary/aromatic N) is 1. The van der Waals surface area contributed by atoms with Crippen LogP contribution in [0.2, 0.25) is 0 Å². The van der Waals surface area contributed by atoms with Crippen molar-refractivity contribution in [2.24, 2.45) is 0 Å². The Morgan fingerprint density at radius 2 is 2.24 bits per heavy atom. The number of likely N-dealkylation sites (N-methyl/N-ethyl adjacent to an activating group) is 1. The Kier molecular flexibility index (Phi) is 4.12. The Morgan fingerprint density at radius 3 is 2.82 bits per heavy atom.